The van der Waals surface area contributed by atoms with Crippen LogP contribution in [0.3, 0.4) is 0 Å². The fourth-order valence-electron chi connectivity index (χ4n) is 4.02. The number of carbonyl (C=O) groups excluding carboxylic acids is 1. The number of fused-ring (bicyclic) bond motifs is 1. The number of likely N-dealkylation sites (tertiary alicyclic amines) is 1. The van der Waals surface area contributed by atoms with Crippen molar-refractivity contribution in [2.75, 3.05) is 31.2 Å². The van der Waals surface area contributed by atoms with Crippen LogP contribution >= 0.6 is 0 Å². The molecule has 1 unspecified atom stereocenters. The number of aromatic nitrogens is 5. The van der Waals surface area contributed by atoms with E-state index in [-0.39, 0.29) is 18.3 Å². The first kappa shape index (κ1) is 28.7. The van der Waals surface area contributed by atoms with E-state index in [1.807, 2.05) is 6.07 Å². The van der Waals surface area contributed by atoms with Gasteiger partial charge in [-0.2, -0.15) is 10.1 Å². The van der Waals surface area contributed by atoms with Crippen molar-refractivity contribution in [3.8, 4) is 0 Å². The number of nitrogen functional groups attached to an aromatic ring is 1. The molecule has 1 amide bonds. The largest absolute Gasteiger partial charge is 0.371 e. The van der Waals surface area contributed by atoms with Crippen LogP contribution in [0.2, 0.25) is 0 Å². The van der Waals surface area contributed by atoms with Crippen molar-refractivity contribution < 1.29 is 22.4 Å². The fraction of sp³-hybridized carbons (Fsp3) is 0.440. The number of alkyl halides is 4. The third-order valence-electron chi connectivity index (χ3n) is 6.45. The van der Waals surface area contributed by atoms with E-state index in [0.29, 0.717) is 35.6 Å². The lowest BCUT2D eigenvalue weighted by Gasteiger charge is -2.36. The molecular formula is C25H32F4N8O. The SMILES string of the molecule is C=C(/C=C\n1ncc(CC(F)F)c1C)c1ccn2nc(N)nc(NC)c12.CC(=O)N1CCC(C)C(F)(F)C1. The van der Waals surface area contributed by atoms with Crippen LogP contribution in [0, 0.1) is 12.8 Å². The summed E-state index contributed by atoms with van der Waals surface area (Å²) in [6.45, 7) is 8.72. The Morgan fingerprint density at radius 3 is 2.71 bits per heavy atom. The van der Waals surface area contributed by atoms with Gasteiger partial charge in [-0.05, 0) is 36.6 Å². The molecule has 38 heavy (non-hydrogen) atoms. The molecule has 0 radical (unpaired) electrons. The number of amides is 1. The molecule has 3 aromatic rings. The van der Waals surface area contributed by atoms with E-state index in [0.717, 1.165) is 11.1 Å². The maximum Gasteiger partial charge on any atom is 0.267 e. The van der Waals surface area contributed by atoms with Crippen LogP contribution in [0.25, 0.3) is 17.3 Å². The first-order chi connectivity index (χ1) is 17.8. The second kappa shape index (κ2) is 11.7. The second-order valence-electron chi connectivity index (χ2n) is 9.12. The predicted octanol–water partition coefficient (Wildman–Crippen LogP) is 4.36. The van der Waals surface area contributed by atoms with Gasteiger partial charge in [0.15, 0.2) is 5.82 Å². The number of nitrogens with zero attached hydrogens (tertiary/aromatic N) is 6. The Labute approximate surface area is 218 Å². The van der Waals surface area contributed by atoms with Crippen LogP contribution in [0.1, 0.15) is 37.1 Å². The zero-order valence-corrected chi connectivity index (χ0v) is 21.8. The Bertz CT molecular complexity index is 1330. The maximum atomic E-state index is 13.0. The molecule has 0 aromatic carbocycles. The van der Waals surface area contributed by atoms with Gasteiger partial charge in [0.05, 0.1) is 12.7 Å². The summed E-state index contributed by atoms with van der Waals surface area (Å²) in [5.41, 5.74) is 9.14. The van der Waals surface area contributed by atoms with Crippen LogP contribution in [0.5, 0.6) is 0 Å². The van der Waals surface area contributed by atoms with E-state index in [2.05, 4.69) is 27.1 Å². The summed E-state index contributed by atoms with van der Waals surface area (Å²) in [6, 6.07) is 1.86. The summed E-state index contributed by atoms with van der Waals surface area (Å²) in [4.78, 5) is 16.2. The molecule has 0 bridgehead atoms. The fourth-order valence-corrected chi connectivity index (χ4v) is 4.02. The summed E-state index contributed by atoms with van der Waals surface area (Å²) >= 11 is 0. The van der Waals surface area contributed by atoms with Crippen molar-refractivity contribution in [1.29, 1.82) is 0 Å². The first-order valence-corrected chi connectivity index (χ1v) is 12.0. The van der Waals surface area contributed by atoms with Crippen molar-refractivity contribution in [3.05, 3.63) is 47.9 Å². The predicted molar refractivity (Wildman–Crippen MR) is 139 cm³/mol. The molecule has 206 valence electrons. The van der Waals surface area contributed by atoms with Gasteiger partial charge in [-0.15, -0.1) is 5.10 Å². The molecule has 0 spiro atoms. The van der Waals surface area contributed by atoms with Gasteiger partial charge >= 0.3 is 0 Å². The summed E-state index contributed by atoms with van der Waals surface area (Å²) in [5, 5.41) is 11.3. The van der Waals surface area contributed by atoms with Crippen molar-refractivity contribution in [2.24, 2.45) is 5.92 Å². The minimum Gasteiger partial charge on any atom is -0.371 e. The maximum absolute atomic E-state index is 13.0. The summed E-state index contributed by atoms with van der Waals surface area (Å²) < 4.78 is 54.3. The van der Waals surface area contributed by atoms with Crippen LogP contribution in [-0.2, 0) is 11.2 Å². The van der Waals surface area contributed by atoms with Gasteiger partial charge < -0.3 is 16.0 Å². The normalized spacial score (nSPS) is 17.1. The van der Waals surface area contributed by atoms with E-state index < -0.39 is 24.8 Å². The number of carbonyl (C=O) groups is 1. The Morgan fingerprint density at radius 2 is 2.11 bits per heavy atom. The lowest BCUT2D eigenvalue weighted by atomic mass is 9.95. The minimum atomic E-state index is -2.70. The van der Waals surface area contributed by atoms with Crippen LogP contribution in [0.15, 0.2) is 31.1 Å². The minimum absolute atomic E-state index is 0.156. The number of hydrogen-bond acceptors (Lipinski definition) is 6. The lowest BCUT2D eigenvalue weighted by molar-refractivity contribution is -0.146. The third-order valence-corrected chi connectivity index (χ3v) is 6.45. The Hall–Kier alpha value is -3.90. The van der Waals surface area contributed by atoms with E-state index in [1.165, 1.54) is 24.9 Å². The van der Waals surface area contributed by atoms with Crippen molar-refractivity contribution >= 4 is 35.0 Å². The molecule has 1 atom stereocenters. The van der Waals surface area contributed by atoms with E-state index in [9.17, 15) is 22.4 Å². The standard InChI is InChI=1S/C17H19F2N7.C8H13F2NO/c1-10(4-6-25-11(2)12(9-22-25)8-14(18)19)13-5-7-26-15(13)16(21-3)23-17(20)24-26;1-6-3-4-11(7(2)12)5-8(6,9)10/h4-7,9,14H,1,8H2,2-3H3,(H3,20,21,23,24);6H,3-5H2,1-2H3/b6-4-;. The number of nitrogens with one attached hydrogen (secondary N) is 1. The Balaban J connectivity index is 0.000000279. The number of piperidine rings is 1. The topological polar surface area (TPSA) is 106 Å². The summed E-state index contributed by atoms with van der Waals surface area (Å²) in [6.07, 6.45) is 4.36. The molecule has 9 nitrogen and oxygen atoms in total. The molecule has 0 aliphatic carbocycles. The second-order valence-corrected chi connectivity index (χ2v) is 9.12. The summed E-state index contributed by atoms with van der Waals surface area (Å²) in [7, 11) is 1.74. The highest BCUT2D eigenvalue weighted by Crippen LogP contribution is 2.32. The Kier molecular flexibility index (Phi) is 8.79. The average molecular weight is 537 g/mol. The summed E-state index contributed by atoms with van der Waals surface area (Å²) in [5.74, 6) is -2.83. The van der Waals surface area contributed by atoms with Gasteiger partial charge in [0.25, 0.3) is 5.92 Å². The van der Waals surface area contributed by atoms with Gasteiger partial charge in [-0.1, -0.05) is 13.5 Å². The van der Waals surface area contributed by atoms with Gasteiger partial charge in [-0.3, -0.25) is 4.79 Å². The van der Waals surface area contributed by atoms with Gasteiger partial charge in [-0.25, -0.2) is 26.8 Å². The molecule has 13 heteroatoms. The van der Waals surface area contributed by atoms with Crippen LogP contribution in [0.4, 0.5) is 29.3 Å². The Morgan fingerprint density at radius 1 is 1.39 bits per heavy atom. The average Bonchev–Trinajstić information content (AvgIpc) is 3.42. The van der Waals surface area contributed by atoms with Gasteiger partial charge in [0, 0.05) is 56.5 Å². The molecule has 4 heterocycles. The van der Waals surface area contributed by atoms with Gasteiger partial charge in [0.1, 0.15) is 5.52 Å². The monoisotopic (exact) mass is 536 g/mol. The van der Waals surface area contributed by atoms with Crippen molar-refractivity contribution in [1.82, 2.24) is 29.3 Å². The number of allylic oxidation sites excluding steroid dienone is 2. The molecule has 3 aromatic heterocycles. The quantitative estimate of drug-likeness (QED) is 0.358. The molecule has 1 saturated heterocycles. The highest BCUT2D eigenvalue weighted by atomic mass is 19.3. The third kappa shape index (κ3) is 6.50. The molecule has 1 fully saturated rings. The van der Waals surface area contributed by atoms with Crippen molar-refractivity contribution in [3.63, 3.8) is 0 Å². The smallest absolute Gasteiger partial charge is 0.267 e. The van der Waals surface area contributed by atoms with E-state index >= 15 is 0 Å². The number of anilines is 2. The van der Waals surface area contributed by atoms with Gasteiger partial charge in [0.2, 0.25) is 18.3 Å². The number of rotatable bonds is 6. The zero-order chi connectivity index (χ0) is 28.2. The molecule has 3 N–H and O–H groups in total. The highest BCUT2D eigenvalue weighted by molar-refractivity contribution is 5.89. The lowest BCUT2D eigenvalue weighted by Crippen LogP contribution is -2.49. The highest BCUT2D eigenvalue weighted by Gasteiger charge is 2.42. The van der Waals surface area contributed by atoms with Crippen molar-refractivity contribution in [2.45, 2.75) is 46.0 Å². The number of nitrogens with two attached hydrogens (primary N) is 1. The molecular weight excluding hydrogens is 504 g/mol. The molecule has 1 aliphatic rings. The number of halogens is 4. The van der Waals surface area contributed by atoms with E-state index in [4.69, 9.17) is 5.73 Å². The van der Waals surface area contributed by atoms with E-state index in [1.54, 1.807) is 41.6 Å². The van der Waals surface area contributed by atoms with Crippen LogP contribution in [-0.4, -0.2) is 67.7 Å². The number of hydrogen-bond donors (Lipinski definition) is 2. The zero-order valence-electron chi connectivity index (χ0n) is 21.8. The first-order valence-electron chi connectivity index (χ1n) is 12.0. The molecule has 1 aliphatic heterocycles. The molecule has 0 saturated carbocycles. The van der Waals surface area contributed by atoms with Crippen LogP contribution < -0.4 is 11.1 Å². The molecule has 4 rings (SSSR count).